The smallest absolute Gasteiger partial charge is 0.355 e. The van der Waals surface area contributed by atoms with Crippen LogP contribution in [0.4, 0.5) is 19.0 Å². The van der Waals surface area contributed by atoms with Crippen LogP contribution in [0.3, 0.4) is 0 Å². The van der Waals surface area contributed by atoms with Gasteiger partial charge in [-0.25, -0.2) is 4.98 Å². The minimum Gasteiger partial charge on any atom is -0.355 e. The second-order valence-electron chi connectivity index (χ2n) is 6.94. The van der Waals surface area contributed by atoms with Crippen LogP contribution >= 0.6 is 0 Å². The number of halogens is 3. The zero-order valence-electron chi connectivity index (χ0n) is 15.6. The Labute approximate surface area is 164 Å². The Kier molecular flexibility index (Phi) is 4.85. The number of alkyl halides is 3. The molecule has 29 heavy (non-hydrogen) atoms. The van der Waals surface area contributed by atoms with E-state index in [1.165, 1.54) is 10.5 Å². The third-order valence-electron chi connectivity index (χ3n) is 5.10. The number of hydrogen-bond donors (Lipinski definition) is 1. The summed E-state index contributed by atoms with van der Waals surface area (Å²) in [5.74, 6) is 0.661. The molecular formula is C19H19F3N6O. The van der Waals surface area contributed by atoms with E-state index in [2.05, 4.69) is 20.5 Å². The van der Waals surface area contributed by atoms with Crippen molar-refractivity contribution in [3.8, 4) is 0 Å². The van der Waals surface area contributed by atoms with Crippen LogP contribution in [0.15, 0.2) is 36.7 Å². The molecule has 1 atom stereocenters. The van der Waals surface area contributed by atoms with Crippen LogP contribution in [0.25, 0.3) is 5.65 Å². The Hall–Kier alpha value is -3.17. The zero-order valence-corrected chi connectivity index (χ0v) is 15.6. The molecule has 1 saturated heterocycles. The van der Waals surface area contributed by atoms with Gasteiger partial charge < -0.3 is 10.2 Å². The molecule has 1 N–H and O–H groups in total. The lowest BCUT2D eigenvalue weighted by Gasteiger charge is -2.33. The quantitative estimate of drug-likeness (QED) is 0.727. The van der Waals surface area contributed by atoms with Crippen LogP contribution in [0, 0.1) is 0 Å². The molecule has 152 valence electrons. The van der Waals surface area contributed by atoms with Crippen LogP contribution in [-0.2, 0) is 6.18 Å². The second kappa shape index (κ2) is 7.34. The molecule has 4 rings (SSSR count). The van der Waals surface area contributed by atoms with E-state index in [1.54, 1.807) is 25.4 Å². The highest BCUT2D eigenvalue weighted by Crippen LogP contribution is 2.32. The summed E-state index contributed by atoms with van der Waals surface area (Å²) in [6.45, 7) is 1.18. The number of piperidine rings is 1. The molecule has 1 fully saturated rings. The Bertz CT molecular complexity index is 1050. The number of anilines is 1. The van der Waals surface area contributed by atoms with Crippen LogP contribution in [0.5, 0.6) is 0 Å². The number of aromatic nitrogens is 4. The molecule has 1 aliphatic rings. The van der Waals surface area contributed by atoms with Gasteiger partial charge in [0.05, 0.1) is 11.1 Å². The molecule has 10 heteroatoms. The van der Waals surface area contributed by atoms with Crippen LogP contribution < -0.4 is 10.2 Å². The van der Waals surface area contributed by atoms with Gasteiger partial charge in [-0.3, -0.25) is 9.20 Å². The monoisotopic (exact) mass is 404 g/mol. The van der Waals surface area contributed by atoms with Gasteiger partial charge in [0.25, 0.3) is 5.91 Å². The van der Waals surface area contributed by atoms with E-state index in [4.69, 9.17) is 0 Å². The lowest BCUT2D eigenvalue weighted by Crippen LogP contribution is -2.37. The van der Waals surface area contributed by atoms with Crippen molar-refractivity contribution in [2.24, 2.45) is 0 Å². The molecule has 4 heterocycles. The van der Waals surface area contributed by atoms with Crippen molar-refractivity contribution in [1.29, 1.82) is 0 Å². The first-order valence-corrected chi connectivity index (χ1v) is 9.22. The zero-order chi connectivity index (χ0) is 20.6. The Morgan fingerprint density at radius 2 is 2.07 bits per heavy atom. The summed E-state index contributed by atoms with van der Waals surface area (Å²) < 4.78 is 40.8. The SMILES string of the molecule is CNC(=O)c1cccnc1N1CCCC(c2nnc3ccc(C(F)(F)F)cn23)C1. The van der Waals surface area contributed by atoms with E-state index >= 15 is 0 Å². The minimum absolute atomic E-state index is 0.137. The van der Waals surface area contributed by atoms with Gasteiger partial charge in [0.2, 0.25) is 0 Å². The fourth-order valence-electron chi connectivity index (χ4n) is 3.70. The topological polar surface area (TPSA) is 75.4 Å². The number of fused-ring (bicyclic) bond motifs is 1. The molecular weight excluding hydrogens is 385 g/mol. The van der Waals surface area contributed by atoms with E-state index < -0.39 is 11.7 Å². The number of carbonyl (C=O) groups is 1. The summed E-state index contributed by atoms with van der Waals surface area (Å²) in [6, 6.07) is 5.72. The first kappa shape index (κ1) is 19.2. The summed E-state index contributed by atoms with van der Waals surface area (Å²) in [4.78, 5) is 18.5. The van der Waals surface area contributed by atoms with Crippen LogP contribution in [0.2, 0.25) is 0 Å². The maximum Gasteiger partial charge on any atom is 0.417 e. The van der Waals surface area contributed by atoms with E-state index in [0.717, 1.165) is 25.1 Å². The van der Waals surface area contributed by atoms with Crippen molar-refractivity contribution in [3.05, 3.63) is 53.6 Å². The molecule has 0 radical (unpaired) electrons. The molecule has 0 bridgehead atoms. The third-order valence-corrected chi connectivity index (χ3v) is 5.10. The van der Waals surface area contributed by atoms with Gasteiger partial charge in [-0.15, -0.1) is 10.2 Å². The summed E-state index contributed by atoms with van der Waals surface area (Å²) in [5, 5.41) is 10.8. The number of hydrogen-bond acceptors (Lipinski definition) is 5. The van der Waals surface area contributed by atoms with Crippen molar-refractivity contribution >= 4 is 17.4 Å². The van der Waals surface area contributed by atoms with Crippen LogP contribution in [0.1, 0.15) is 40.5 Å². The van der Waals surface area contributed by atoms with Gasteiger partial charge in [-0.05, 0) is 37.1 Å². The van der Waals surface area contributed by atoms with Gasteiger partial charge in [0.1, 0.15) is 11.6 Å². The number of rotatable bonds is 3. The average Bonchev–Trinajstić information content (AvgIpc) is 3.16. The Morgan fingerprint density at radius 1 is 1.24 bits per heavy atom. The first-order valence-electron chi connectivity index (χ1n) is 9.22. The molecule has 1 amide bonds. The highest BCUT2D eigenvalue weighted by atomic mass is 19.4. The van der Waals surface area contributed by atoms with E-state index in [-0.39, 0.29) is 11.8 Å². The lowest BCUT2D eigenvalue weighted by atomic mass is 9.96. The van der Waals surface area contributed by atoms with E-state index in [9.17, 15) is 18.0 Å². The summed E-state index contributed by atoms with van der Waals surface area (Å²) >= 11 is 0. The van der Waals surface area contributed by atoms with Crippen molar-refractivity contribution in [1.82, 2.24) is 24.9 Å². The molecule has 7 nitrogen and oxygen atoms in total. The number of carbonyl (C=O) groups excluding carboxylic acids is 1. The molecule has 3 aromatic heterocycles. The molecule has 0 spiro atoms. The molecule has 3 aromatic rings. The van der Waals surface area contributed by atoms with Gasteiger partial charge in [-0.1, -0.05) is 0 Å². The van der Waals surface area contributed by atoms with Gasteiger partial charge in [-0.2, -0.15) is 13.2 Å². The summed E-state index contributed by atoms with van der Waals surface area (Å²) in [5.41, 5.74) is 0.0838. The average molecular weight is 404 g/mol. The lowest BCUT2D eigenvalue weighted by molar-refractivity contribution is -0.137. The molecule has 0 aliphatic carbocycles. The van der Waals surface area contributed by atoms with E-state index in [0.29, 0.717) is 35.9 Å². The fraction of sp³-hybridized carbons (Fsp3) is 0.368. The number of amides is 1. The predicted octanol–water partition coefficient (Wildman–Crippen LogP) is 2.89. The number of pyridine rings is 2. The predicted molar refractivity (Wildman–Crippen MR) is 99.8 cm³/mol. The molecule has 1 aliphatic heterocycles. The van der Waals surface area contributed by atoms with Crippen molar-refractivity contribution < 1.29 is 18.0 Å². The molecule has 0 saturated carbocycles. The summed E-state index contributed by atoms with van der Waals surface area (Å²) in [6.07, 6.45) is -0.226. The van der Waals surface area contributed by atoms with Crippen LogP contribution in [-0.4, -0.2) is 45.6 Å². The number of nitrogens with zero attached hydrogens (tertiary/aromatic N) is 5. The van der Waals surface area contributed by atoms with E-state index in [1.807, 2.05) is 4.90 Å². The minimum atomic E-state index is -4.44. The fourth-order valence-corrected chi connectivity index (χ4v) is 3.70. The standard InChI is InChI=1S/C19H19F3N6O/c1-23-18(29)14-5-2-8-24-17(14)27-9-3-4-12(10-27)16-26-25-15-7-6-13(11-28(15)16)19(20,21)22/h2,5-8,11-12H,3-4,9-10H2,1H3,(H,23,29). The normalized spacial score (nSPS) is 17.5. The second-order valence-corrected chi connectivity index (χ2v) is 6.94. The largest absolute Gasteiger partial charge is 0.417 e. The maximum atomic E-state index is 13.1. The Morgan fingerprint density at radius 3 is 2.83 bits per heavy atom. The highest BCUT2D eigenvalue weighted by molar-refractivity contribution is 5.98. The molecule has 0 aromatic carbocycles. The van der Waals surface area contributed by atoms with Crippen molar-refractivity contribution in [2.75, 3.05) is 25.0 Å². The Balaban J connectivity index is 1.67. The van der Waals surface area contributed by atoms with Gasteiger partial charge in [0.15, 0.2) is 5.65 Å². The number of nitrogens with one attached hydrogen (secondary N) is 1. The molecule has 1 unspecified atom stereocenters. The summed E-state index contributed by atoms with van der Waals surface area (Å²) in [7, 11) is 1.55. The highest BCUT2D eigenvalue weighted by Gasteiger charge is 2.32. The van der Waals surface area contributed by atoms with Crippen molar-refractivity contribution in [3.63, 3.8) is 0 Å². The van der Waals surface area contributed by atoms with Crippen molar-refractivity contribution in [2.45, 2.75) is 24.9 Å². The first-order chi connectivity index (χ1) is 13.9. The van der Waals surface area contributed by atoms with Gasteiger partial charge in [0, 0.05) is 38.4 Å². The maximum absolute atomic E-state index is 13.1. The third kappa shape index (κ3) is 3.62. The van der Waals surface area contributed by atoms with Gasteiger partial charge >= 0.3 is 6.18 Å².